The van der Waals surface area contributed by atoms with Gasteiger partial charge in [-0.05, 0) is 49.9 Å². The molecule has 1 aliphatic carbocycles. The lowest BCUT2D eigenvalue weighted by Gasteiger charge is -2.28. The predicted octanol–water partition coefficient (Wildman–Crippen LogP) is 4.11. The SMILES string of the molecule is Cc1onc(-c2ccc(F)cc2)c1C(=O)NCCO[C@@H]1CCCC[C@H]1C. The highest BCUT2D eigenvalue weighted by Gasteiger charge is 2.23. The van der Waals surface area contributed by atoms with Crippen molar-refractivity contribution < 1.29 is 18.4 Å². The first kappa shape index (κ1) is 18.6. The van der Waals surface area contributed by atoms with Gasteiger partial charge >= 0.3 is 0 Å². The second kappa shape index (κ2) is 8.45. The van der Waals surface area contributed by atoms with E-state index in [9.17, 15) is 9.18 Å². The van der Waals surface area contributed by atoms with Crippen LogP contribution in [-0.4, -0.2) is 30.3 Å². The number of amides is 1. The fourth-order valence-electron chi connectivity index (χ4n) is 3.44. The Balaban J connectivity index is 1.58. The number of carbonyl (C=O) groups is 1. The summed E-state index contributed by atoms with van der Waals surface area (Å²) in [6.45, 7) is 4.82. The van der Waals surface area contributed by atoms with Crippen molar-refractivity contribution in [3.8, 4) is 11.3 Å². The van der Waals surface area contributed by atoms with E-state index in [-0.39, 0.29) is 17.8 Å². The van der Waals surface area contributed by atoms with Crippen molar-refractivity contribution in [2.75, 3.05) is 13.2 Å². The van der Waals surface area contributed by atoms with Crippen LogP contribution in [0.5, 0.6) is 0 Å². The van der Waals surface area contributed by atoms with Crippen LogP contribution in [0.4, 0.5) is 4.39 Å². The second-order valence-electron chi connectivity index (χ2n) is 6.90. The number of aromatic nitrogens is 1. The van der Waals surface area contributed by atoms with E-state index in [0.717, 1.165) is 6.42 Å². The maximum Gasteiger partial charge on any atom is 0.257 e. The van der Waals surface area contributed by atoms with E-state index in [4.69, 9.17) is 9.26 Å². The first-order valence-corrected chi connectivity index (χ1v) is 9.18. The number of carbonyl (C=O) groups excluding carboxylic acids is 1. The maximum absolute atomic E-state index is 13.1. The molecule has 3 rings (SSSR count). The molecule has 0 bridgehead atoms. The molecule has 1 amide bonds. The monoisotopic (exact) mass is 360 g/mol. The lowest BCUT2D eigenvalue weighted by Crippen LogP contribution is -2.32. The van der Waals surface area contributed by atoms with Crippen molar-refractivity contribution in [1.82, 2.24) is 10.5 Å². The molecule has 0 aliphatic heterocycles. The Morgan fingerprint density at radius 2 is 2.04 bits per heavy atom. The molecule has 0 radical (unpaired) electrons. The third-order valence-corrected chi connectivity index (χ3v) is 4.96. The Morgan fingerprint density at radius 1 is 1.31 bits per heavy atom. The summed E-state index contributed by atoms with van der Waals surface area (Å²) in [4.78, 5) is 12.6. The molecule has 1 aromatic heterocycles. The summed E-state index contributed by atoms with van der Waals surface area (Å²) < 4.78 is 24.2. The van der Waals surface area contributed by atoms with E-state index in [1.54, 1.807) is 19.1 Å². The number of aryl methyl sites for hydroxylation is 1. The van der Waals surface area contributed by atoms with Gasteiger partial charge in [-0.2, -0.15) is 0 Å². The van der Waals surface area contributed by atoms with E-state index in [2.05, 4.69) is 17.4 Å². The first-order chi connectivity index (χ1) is 12.6. The van der Waals surface area contributed by atoms with Crippen molar-refractivity contribution in [2.45, 2.75) is 45.6 Å². The number of rotatable bonds is 6. The summed E-state index contributed by atoms with van der Waals surface area (Å²) in [6.07, 6.45) is 5.07. The van der Waals surface area contributed by atoms with Crippen molar-refractivity contribution in [2.24, 2.45) is 5.92 Å². The van der Waals surface area contributed by atoms with Crippen LogP contribution in [0.2, 0.25) is 0 Å². The number of nitrogens with zero attached hydrogens (tertiary/aromatic N) is 1. The zero-order chi connectivity index (χ0) is 18.5. The zero-order valence-electron chi connectivity index (χ0n) is 15.3. The van der Waals surface area contributed by atoms with Crippen LogP contribution in [0.1, 0.15) is 48.7 Å². The lowest BCUT2D eigenvalue weighted by atomic mass is 9.88. The highest BCUT2D eigenvalue weighted by molar-refractivity contribution is 6.00. The van der Waals surface area contributed by atoms with Crippen LogP contribution in [0.3, 0.4) is 0 Å². The lowest BCUT2D eigenvalue weighted by molar-refractivity contribution is -0.00294. The molecule has 5 nitrogen and oxygen atoms in total. The molecule has 1 aromatic carbocycles. The van der Waals surface area contributed by atoms with Gasteiger partial charge in [-0.25, -0.2) is 4.39 Å². The topological polar surface area (TPSA) is 64.4 Å². The molecule has 2 atom stereocenters. The molecule has 1 heterocycles. The van der Waals surface area contributed by atoms with Gasteiger partial charge in [0.25, 0.3) is 5.91 Å². The van der Waals surface area contributed by atoms with Gasteiger partial charge in [0.1, 0.15) is 22.8 Å². The first-order valence-electron chi connectivity index (χ1n) is 9.18. The van der Waals surface area contributed by atoms with Crippen molar-refractivity contribution in [3.63, 3.8) is 0 Å². The van der Waals surface area contributed by atoms with Gasteiger partial charge in [0.05, 0.1) is 12.7 Å². The van der Waals surface area contributed by atoms with Crippen LogP contribution in [0, 0.1) is 18.7 Å². The molecule has 140 valence electrons. The number of nitrogens with one attached hydrogen (secondary N) is 1. The van der Waals surface area contributed by atoms with E-state index in [0.29, 0.717) is 41.7 Å². The zero-order valence-corrected chi connectivity index (χ0v) is 15.3. The summed E-state index contributed by atoms with van der Waals surface area (Å²) in [5.74, 6) is 0.408. The summed E-state index contributed by atoms with van der Waals surface area (Å²) in [5.41, 5.74) is 1.44. The van der Waals surface area contributed by atoms with E-state index in [1.807, 2.05) is 0 Å². The van der Waals surface area contributed by atoms with Crippen molar-refractivity contribution in [3.05, 3.63) is 41.4 Å². The molecule has 0 spiro atoms. The number of halogens is 1. The van der Waals surface area contributed by atoms with Crippen molar-refractivity contribution in [1.29, 1.82) is 0 Å². The fraction of sp³-hybridized carbons (Fsp3) is 0.500. The Hall–Kier alpha value is -2.21. The van der Waals surface area contributed by atoms with Crippen LogP contribution in [0.15, 0.2) is 28.8 Å². The highest BCUT2D eigenvalue weighted by Crippen LogP contribution is 2.27. The van der Waals surface area contributed by atoms with Gasteiger partial charge < -0.3 is 14.6 Å². The Bertz CT molecular complexity index is 742. The average Bonchev–Trinajstić information content (AvgIpc) is 3.02. The Morgan fingerprint density at radius 3 is 2.77 bits per heavy atom. The summed E-state index contributed by atoms with van der Waals surface area (Å²) in [6, 6.07) is 5.83. The third-order valence-electron chi connectivity index (χ3n) is 4.96. The van der Waals surface area contributed by atoms with Crippen LogP contribution < -0.4 is 5.32 Å². The van der Waals surface area contributed by atoms with Gasteiger partial charge in [0.2, 0.25) is 0 Å². The fourth-order valence-corrected chi connectivity index (χ4v) is 3.44. The van der Waals surface area contributed by atoms with Gasteiger partial charge in [0.15, 0.2) is 0 Å². The van der Waals surface area contributed by atoms with E-state index >= 15 is 0 Å². The molecule has 1 N–H and O–H groups in total. The standard InChI is InChI=1S/C20H25FN2O3/c1-13-5-3-4-6-17(13)25-12-11-22-20(24)18-14(2)26-23-19(18)15-7-9-16(21)10-8-15/h7-10,13,17H,3-6,11-12H2,1-2H3,(H,22,24)/t13-,17-/m1/s1. The van der Waals surface area contributed by atoms with Crippen LogP contribution >= 0.6 is 0 Å². The van der Waals surface area contributed by atoms with Gasteiger partial charge in [-0.1, -0.05) is 24.9 Å². The summed E-state index contributed by atoms with van der Waals surface area (Å²) >= 11 is 0. The van der Waals surface area contributed by atoms with E-state index in [1.165, 1.54) is 31.4 Å². The molecular formula is C20H25FN2O3. The highest BCUT2D eigenvalue weighted by atomic mass is 19.1. The predicted molar refractivity (Wildman–Crippen MR) is 96.3 cm³/mol. The minimum Gasteiger partial charge on any atom is -0.376 e. The normalized spacial score (nSPS) is 20.1. The molecule has 1 aliphatic rings. The average molecular weight is 360 g/mol. The van der Waals surface area contributed by atoms with Crippen molar-refractivity contribution >= 4 is 5.91 Å². The minimum atomic E-state index is -0.339. The van der Waals surface area contributed by atoms with Crippen LogP contribution in [-0.2, 0) is 4.74 Å². The molecule has 0 unspecified atom stereocenters. The molecule has 6 heteroatoms. The quantitative estimate of drug-likeness (QED) is 0.787. The number of ether oxygens (including phenoxy) is 1. The molecule has 1 saturated carbocycles. The van der Waals surface area contributed by atoms with Gasteiger partial charge in [0, 0.05) is 12.1 Å². The number of benzene rings is 1. The second-order valence-corrected chi connectivity index (χ2v) is 6.90. The molecule has 2 aromatic rings. The summed E-state index contributed by atoms with van der Waals surface area (Å²) in [5, 5.41) is 6.82. The molecule has 26 heavy (non-hydrogen) atoms. The molecule has 0 saturated heterocycles. The Labute approximate surface area is 152 Å². The minimum absolute atomic E-state index is 0.261. The Kier molecular flexibility index (Phi) is 6.04. The van der Waals surface area contributed by atoms with Gasteiger partial charge in [-0.15, -0.1) is 0 Å². The molecule has 1 fully saturated rings. The van der Waals surface area contributed by atoms with Crippen LogP contribution in [0.25, 0.3) is 11.3 Å². The maximum atomic E-state index is 13.1. The summed E-state index contributed by atoms with van der Waals surface area (Å²) in [7, 11) is 0. The van der Waals surface area contributed by atoms with Gasteiger partial charge in [-0.3, -0.25) is 4.79 Å². The van der Waals surface area contributed by atoms with E-state index < -0.39 is 0 Å². The number of hydrogen-bond donors (Lipinski definition) is 1. The number of hydrogen-bond acceptors (Lipinski definition) is 4. The molecular weight excluding hydrogens is 335 g/mol. The smallest absolute Gasteiger partial charge is 0.257 e. The largest absolute Gasteiger partial charge is 0.376 e. The third kappa shape index (κ3) is 4.30.